The maximum Gasteiger partial charge on any atom is 0.0252 e. The van der Waals surface area contributed by atoms with Crippen molar-refractivity contribution in [1.82, 2.24) is 10.2 Å². The van der Waals surface area contributed by atoms with Crippen molar-refractivity contribution in [2.24, 2.45) is 5.92 Å². The van der Waals surface area contributed by atoms with E-state index >= 15 is 0 Å². The van der Waals surface area contributed by atoms with E-state index in [1.54, 1.807) is 0 Å². The van der Waals surface area contributed by atoms with Crippen LogP contribution in [-0.4, -0.2) is 36.6 Å². The van der Waals surface area contributed by atoms with Crippen LogP contribution in [0.15, 0.2) is 0 Å². The summed E-state index contributed by atoms with van der Waals surface area (Å²) in [5.41, 5.74) is 0.316. The van der Waals surface area contributed by atoms with Crippen LogP contribution in [0.5, 0.6) is 0 Å². The standard InChI is InChI=1S/C13H26N2/c1-13(2)11-15(10-4-8-14-13)9-3-5-12-6-7-12/h12,14H,3-11H2,1-2H3. The van der Waals surface area contributed by atoms with Crippen molar-refractivity contribution in [3.63, 3.8) is 0 Å². The van der Waals surface area contributed by atoms with E-state index in [1.165, 1.54) is 58.3 Å². The van der Waals surface area contributed by atoms with E-state index in [0.717, 1.165) is 5.92 Å². The molecule has 1 aliphatic carbocycles. The Kier molecular flexibility index (Phi) is 3.68. The summed E-state index contributed by atoms with van der Waals surface area (Å²) >= 11 is 0. The molecule has 0 aromatic rings. The van der Waals surface area contributed by atoms with Gasteiger partial charge in [0.15, 0.2) is 0 Å². The van der Waals surface area contributed by atoms with Crippen molar-refractivity contribution in [2.75, 3.05) is 26.2 Å². The van der Waals surface area contributed by atoms with Crippen LogP contribution in [0.1, 0.15) is 46.0 Å². The van der Waals surface area contributed by atoms with E-state index < -0.39 is 0 Å². The molecule has 0 atom stereocenters. The molecular formula is C13H26N2. The molecule has 0 aromatic carbocycles. The van der Waals surface area contributed by atoms with Crippen molar-refractivity contribution >= 4 is 0 Å². The van der Waals surface area contributed by atoms with Crippen molar-refractivity contribution in [3.05, 3.63) is 0 Å². The van der Waals surface area contributed by atoms with Gasteiger partial charge in [-0.25, -0.2) is 0 Å². The van der Waals surface area contributed by atoms with Gasteiger partial charge >= 0.3 is 0 Å². The highest BCUT2D eigenvalue weighted by Crippen LogP contribution is 2.33. The first-order valence-corrected chi connectivity index (χ1v) is 6.63. The summed E-state index contributed by atoms with van der Waals surface area (Å²) < 4.78 is 0. The molecule has 2 nitrogen and oxygen atoms in total. The lowest BCUT2D eigenvalue weighted by molar-refractivity contribution is 0.226. The molecule has 1 saturated carbocycles. The van der Waals surface area contributed by atoms with Gasteiger partial charge in [-0.05, 0) is 58.7 Å². The van der Waals surface area contributed by atoms with E-state index in [9.17, 15) is 0 Å². The molecule has 0 spiro atoms. The third kappa shape index (κ3) is 4.12. The fourth-order valence-corrected chi connectivity index (χ4v) is 2.62. The topological polar surface area (TPSA) is 15.3 Å². The Morgan fingerprint density at radius 1 is 1.33 bits per heavy atom. The van der Waals surface area contributed by atoms with Crippen molar-refractivity contribution in [3.8, 4) is 0 Å². The minimum absolute atomic E-state index is 0.316. The molecule has 0 bridgehead atoms. The highest BCUT2D eigenvalue weighted by Gasteiger charge is 2.24. The largest absolute Gasteiger partial charge is 0.310 e. The molecule has 0 amide bonds. The Morgan fingerprint density at radius 2 is 2.13 bits per heavy atom. The average molecular weight is 210 g/mol. The van der Waals surface area contributed by atoms with E-state index in [-0.39, 0.29) is 0 Å². The summed E-state index contributed by atoms with van der Waals surface area (Å²) in [6.45, 7) is 9.67. The third-order valence-electron chi connectivity index (χ3n) is 3.66. The number of rotatable bonds is 4. The third-order valence-corrected chi connectivity index (χ3v) is 3.66. The fourth-order valence-electron chi connectivity index (χ4n) is 2.62. The van der Waals surface area contributed by atoms with Crippen molar-refractivity contribution in [2.45, 2.75) is 51.5 Å². The van der Waals surface area contributed by atoms with E-state index in [4.69, 9.17) is 0 Å². The number of nitrogens with zero attached hydrogens (tertiary/aromatic N) is 1. The van der Waals surface area contributed by atoms with Crippen LogP contribution < -0.4 is 5.32 Å². The van der Waals surface area contributed by atoms with Gasteiger partial charge in [0.2, 0.25) is 0 Å². The Bertz CT molecular complexity index is 197. The van der Waals surface area contributed by atoms with Crippen LogP contribution >= 0.6 is 0 Å². The lowest BCUT2D eigenvalue weighted by atomic mass is 10.1. The Hall–Kier alpha value is -0.0800. The van der Waals surface area contributed by atoms with Gasteiger partial charge in [-0.2, -0.15) is 0 Å². The molecule has 1 saturated heterocycles. The van der Waals surface area contributed by atoms with Crippen LogP contribution in [0, 0.1) is 5.92 Å². The first kappa shape index (κ1) is 11.4. The Labute approximate surface area is 94.4 Å². The molecule has 2 fully saturated rings. The Balaban J connectivity index is 1.69. The van der Waals surface area contributed by atoms with Crippen LogP contribution in [0.25, 0.3) is 0 Å². The zero-order chi connectivity index (χ0) is 10.7. The fraction of sp³-hybridized carbons (Fsp3) is 1.00. The number of nitrogens with one attached hydrogen (secondary N) is 1. The molecule has 1 heterocycles. The lowest BCUT2D eigenvalue weighted by Gasteiger charge is -2.30. The maximum atomic E-state index is 3.62. The van der Waals surface area contributed by atoms with Gasteiger partial charge in [-0.3, -0.25) is 0 Å². The summed E-state index contributed by atoms with van der Waals surface area (Å²) in [5.74, 6) is 1.10. The van der Waals surface area contributed by atoms with Crippen LogP contribution in [0.3, 0.4) is 0 Å². The second kappa shape index (κ2) is 4.84. The minimum Gasteiger partial charge on any atom is -0.310 e. The molecule has 2 aliphatic rings. The van der Waals surface area contributed by atoms with Gasteiger partial charge < -0.3 is 10.2 Å². The molecule has 0 aromatic heterocycles. The zero-order valence-corrected chi connectivity index (χ0v) is 10.4. The van der Waals surface area contributed by atoms with Crippen LogP contribution in [0.4, 0.5) is 0 Å². The molecule has 15 heavy (non-hydrogen) atoms. The van der Waals surface area contributed by atoms with Gasteiger partial charge in [0.05, 0.1) is 0 Å². The molecule has 1 N–H and O–H groups in total. The quantitative estimate of drug-likeness (QED) is 0.765. The second-order valence-electron chi connectivity index (χ2n) is 6.03. The summed E-state index contributed by atoms with van der Waals surface area (Å²) in [7, 11) is 0. The van der Waals surface area contributed by atoms with Crippen molar-refractivity contribution in [1.29, 1.82) is 0 Å². The van der Waals surface area contributed by atoms with Crippen LogP contribution in [-0.2, 0) is 0 Å². The van der Waals surface area contributed by atoms with Crippen LogP contribution in [0.2, 0.25) is 0 Å². The van der Waals surface area contributed by atoms with E-state index in [1.807, 2.05) is 0 Å². The lowest BCUT2D eigenvalue weighted by Crippen LogP contribution is -2.46. The molecule has 0 radical (unpaired) electrons. The van der Waals surface area contributed by atoms with Gasteiger partial charge in [-0.15, -0.1) is 0 Å². The predicted molar refractivity (Wildman–Crippen MR) is 65.1 cm³/mol. The normalized spacial score (nSPS) is 27.6. The smallest absolute Gasteiger partial charge is 0.0252 e. The zero-order valence-electron chi connectivity index (χ0n) is 10.4. The average Bonchev–Trinajstić information content (AvgIpc) is 2.94. The summed E-state index contributed by atoms with van der Waals surface area (Å²) in [6, 6.07) is 0. The van der Waals surface area contributed by atoms with E-state index in [2.05, 4.69) is 24.1 Å². The van der Waals surface area contributed by atoms with Gasteiger partial charge in [0, 0.05) is 12.1 Å². The van der Waals surface area contributed by atoms with E-state index in [0.29, 0.717) is 5.54 Å². The summed E-state index contributed by atoms with van der Waals surface area (Å²) in [4.78, 5) is 2.66. The molecule has 88 valence electrons. The maximum absolute atomic E-state index is 3.62. The number of hydrogen-bond acceptors (Lipinski definition) is 2. The highest BCUT2D eigenvalue weighted by atomic mass is 15.2. The van der Waals surface area contributed by atoms with Gasteiger partial charge in [0.1, 0.15) is 0 Å². The first-order valence-electron chi connectivity index (χ1n) is 6.63. The molecule has 0 unspecified atom stereocenters. The molecule has 2 heteroatoms. The predicted octanol–water partition coefficient (Wildman–Crippen LogP) is 2.25. The summed E-state index contributed by atoms with van der Waals surface area (Å²) in [5, 5.41) is 3.62. The molecule has 2 rings (SSSR count). The monoisotopic (exact) mass is 210 g/mol. The highest BCUT2D eigenvalue weighted by molar-refractivity contribution is 4.85. The second-order valence-corrected chi connectivity index (χ2v) is 6.03. The Morgan fingerprint density at radius 3 is 2.87 bits per heavy atom. The molecular weight excluding hydrogens is 184 g/mol. The first-order chi connectivity index (χ1) is 7.16. The van der Waals surface area contributed by atoms with Gasteiger partial charge in [0.25, 0.3) is 0 Å². The summed E-state index contributed by atoms with van der Waals surface area (Å²) in [6.07, 6.45) is 7.22. The molecule has 1 aliphatic heterocycles. The van der Waals surface area contributed by atoms with Crippen molar-refractivity contribution < 1.29 is 0 Å². The number of hydrogen-bond donors (Lipinski definition) is 1. The van der Waals surface area contributed by atoms with Gasteiger partial charge in [-0.1, -0.05) is 12.8 Å². The minimum atomic E-state index is 0.316. The SMILES string of the molecule is CC1(C)CN(CCCC2CC2)CCCN1.